The highest BCUT2D eigenvalue weighted by Crippen LogP contribution is 2.32. The van der Waals surface area contributed by atoms with Gasteiger partial charge < -0.3 is 10.6 Å². The average Bonchev–Trinajstić information content (AvgIpc) is 2.73. The number of anilines is 2. The van der Waals surface area contributed by atoms with Gasteiger partial charge in [-0.25, -0.2) is 0 Å². The number of rotatable bonds is 7. The monoisotopic (exact) mass is 388 g/mol. The Morgan fingerprint density at radius 3 is 2.21 bits per heavy atom. The molecule has 0 saturated carbocycles. The van der Waals surface area contributed by atoms with E-state index >= 15 is 0 Å². The van der Waals surface area contributed by atoms with Crippen LogP contribution in [0.15, 0.2) is 61.2 Å². The molecule has 29 heavy (non-hydrogen) atoms. The maximum atomic E-state index is 13.0. The summed E-state index contributed by atoms with van der Waals surface area (Å²) in [5.41, 5.74) is 5.64. The van der Waals surface area contributed by atoms with E-state index in [2.05, 4.69) is 66.5 Å². The molecule has 0 radical (unpaired) electrons. The zero-order chi connectivity index (χ0) is 20.8. The molecule has 0 atom stereocenters. The molecule has 5 heteroatoms. The molecule has 150 valence electrons. The Hall–Kier alpha value is -3.21. The average molecular weight is 389 g/mol. The van der Waals surface area contributed by atoms with Crippen LogP contribution in [-0.4, -0.2) is 15.9 Å². The second kappa shape index (κ2) is 9.32. The standard InChI is InChI=1S/C24H28N4O/c1-16(2)21-6-5-7-22(17(3)4)23(21)28-24(29)19-12-20(15-26-14-19)27-13-18-8-10-25-11-9-18/h5-12,14-17,27H,13H2,1-4H3,(H,28,29). The van der Waals surface area contributed by atoms with Crippen molar-refractivity contribution in [2.45, 2.75) is 46.1 Å². The van der Waals surface area contributed by atoms with Crippen molar-refractivity contribution in [1.29, 1.82) is 0 Å². The number of para-hydroxylation sites is 1. The second-order valence-electron chi connectivity index (χ2n) is 7.75. The number of nitrogens with zero attached hydrogens (tertiary/aromatic N) is 2. The Kier molecular flexibility index (Phi) is 6.60. The fourth-order valence-corrected chi connectivity index (χ4v) is 3.25. The summed E-state index contributed by atoms with van der Waals surface area (Å²) >= 11 is 0. The van der Waals surface area contributed by atoms with Gasteiger partial charge in [-0.15, -0.1) is 0 Å². The van der Waals surface area contributed by atoms with Crippen LogP contribution in [0.5, 0.6) is 0 Å². The van der Waals surface area contributed by atoms with E-state index in [1.807, 2.05) is 18.2 Å². The molecule has 0 bridgehead atoms. The summed E-state index contributed by atoms with van der Waals surface area (Å²) in [6.45, 7) is 9.20. The van der Waals surface area contributed by atoms with E-state index in [9.17, 15) is 4.79 Å². The summed E-state index contributed by atoms with van der Waals surface area (Å²) < 4.78 is 0. The van der Waals surface area contributed by atoms with E-state index in [0.29, 0.717) is 23.9 Å². The van der Waals surface area contributed by atoms with Gasteiger partial charge in [0.25, 0.3) is 5.91 Å². The molecule has 0 fully saturated rings. The van der Waals surface area contributed by atoms with E-state index in [0.717, 1.165) is 28.1 Å². The summed E-state index contributed by atoms with van der Waals surface area (Å²) in [6, 6.07) is 12.0. The van der Waals surface area contributed by atoms with Crippen molar-refractivity contribution in [3.05, 3.63) is 83.4 Å². The molecule has 0 aliphatic heterocycles. The van der Waals surface area contributed by atoms with Gasteiger partial charge in [-0.1, -0.05) is 45.9 Å². The van der Waals surface area contributed by atoms with Crippen molar-refractivity contribution in [3.63, 3.8) is 0 Å². The lowest BCUT2D eigenvalue weighted by Gasteiger charge is -2.20. The number of hydrogen-bond acceptors (Lipinski definition) is 4. The Bertz CT molecular complexity index is 941. The number of carbonyl (C=O) groups excluding carboxylic acids is 1. The summed E-state index contributed by atoms with van der Waals surface area (Å²) in [5.74, 6) is 0.478. The molecule has 1 aromatic carbocycles. The Morgan fingerprint density at radius 2 is 1.59 bits per heavy atom. The van der Waals surface area contributed by atoms with Crippen molar-refractivity contribution < 1.29 is 4.79 Å². The minimum absolute atomic E-state index is 0.153. The first kappa shape index (κ1) is 20.5. The lowest BCUT2D eigenvalue weighted by molar-refractivity contribution is 0.102. The molecule has 0 spiro atoms. The third-order valence-corrected chi connectivity index (χ3v) is 4.86. The predicted molar refractivity (Wildman–Crippen MR) is 118 cm³/mol. The number of benzene rings is 1. The maximum absolute atomic E-state index is 13.0. The minimum Gasteiger partial charge on any atom is -0.380 e. The van der Waals surface area contributed by atoms with Gasteiger partial charge >= 0.3 is 0 Å². The molecule has 0 saturated heterocycles. The molecule has 5 nitrogen and oxygen atoms in total. The van der Waals surface area contributed by atoms with Crippen LogP contribution in [0, 0.1) is 0 Å². The van der Waals surface area contributed by atoms with Crippen LogP contribution in [0.2, 0.25) is 0 Å². The molecule has 0 aliphatic carbocycles. The number of hydrogen-bond donors (Lipinski definition) is 2. The van der Waals surface area contributed by atoms with Gasteiger partial charge in [-0.2, -0.15) is 0 Å². The van der Waals surface area contributed by atoms with Crippen LogP contribution in [-0.2, 0) is 6.54 Å². The SMILES string of the molecule is CC(C)c1cccc(C(C)C)c1NC(=O)c1cncc(NCc2ccncc2)c1. The van der Waals surface area contributed by atoms with Crippen LogP contribution < -0.4 is 10.6 Å². The van der Waals surface area contributed by atoms with Gasteiger partial charge in [0.2, 0.25) is 0 Å². The highest BCUT2D eigenvalue weighted by atomic mass is 16.1. The first-order chi connectivity index (χ1) is 14.0. The Morgan fingerprint density at radius 1 is 0.931 bits per heavy atom. The van der Waals surface area contributed by atoms with Gasteiger partial charge in [-0.05, 0) is 46.7 Å². The molecule has 0 aliphatic rings. The molecule has 1 amide bonds. The quantitative estimate of drug-likeness (QED) is 0.554. The molecule has 3 rings (SSSR count). The number of aromatic nitrogens is 2. The van der Waals surface area contributed by atoms with Crippen molar-refractivity contribution in [3.8, 4) is 0 Å². The number of amides is 1. The van der Waals surface area contributed by atoms with E-state index < -0.39 is 0 Å². The summed E-state index contributed by atoms with van der Waals surface area (Å²) in [7, 11) is 0. The number of carbonyl (C=O) groups is 1. The summed E-state index contributed by atoms with van der Waals surface area (Å²) in [5, 5.41) is 6.45. The van der Waals surface area contributed by atoms with Crippen molar-refractivity contribution >= 4 is 17.3 Å². The molecule has 2 N–H and O–H groups in total. The molecular formula is C24H28N4O. The van der Waals surface area contributed by atoms with Gasteiger partial charge in [0.1, 0.15) is 0 Å². The third kappa shape index (κ3) is 5.19. The normalized spacial score (nSPS) is 11.0. The van der Waals surface area contributed by atoms with Gasteiger partial charge in [0.15, 0.2) is 0 Å². The second-order valence-corrected chi connectivity index (χ2v) is 7.75. The summed E-state index contributed by atoms with van der Waals surface area (Å²) in [6.07, 6.45) is 6.84. The number of nitrogens with one attached hydrogen (secondary N) is 2. The molecule has 3 aromatic rings. The number of pyridine rings is 2. The maximum Gasteiger partial charge on any atom is 0.257 e. The highest BCUT2D eigenvalue weighted by Gasteiger charge is 2.17. The smallest absolute Gasteiger partial charge is 0.257 e. The zero-order valence-electron chi connectivity index (χ0n) is 17.4. The van der Waals surface area contributed by atoms with Gasteiger partial charge in [-0.3, -0.25) is 14.8 Å². The van der Waals surface area contributed by atoms with Gasteiger partial charge in [0.05, 0.1) is 11.3 Å². The molecule has 2 aromatic heterocycles. The van der Waals surface area contributed by atoms with Crippen LogP contribution in [0.25, 0.3) is 0 Å². The van der Waals surface area contributed by atoms with Crippen LogP contribution in [0.4, 0.5) is 11.4 Å². The first-order valence-corrected chi connectivity index (χ1v) is 9.97. The lowest BCUT2D eigenvalue weighted by atomic mass is 9.92. The largest absolute Gasteiger partial charge is 0.380 e. The summed E-state index contributed by atoms with van der Waals surface area (Å²) in [4.78, 5) is 21.3. The van der Waals surface area contributed by atoms with E-state index in [1.54, 1.807) is 24.8 Å². The van der Waals surface area contributed by atoms with Gasteiger partial charge in [0, 0.05) is 37.0 Å². The third-order valence-electron chi connectivity index (χ3n) is 4.86. The van der Waals surface area contributed by atoms with E-state index in [1.165, 1.54) is 0 Å². The fourth-order valence-electron chi connectivity index (χ4n) is 3.25. The molecular weight excluding hydrogens is 360 g/mol. The van der Waals surface area contributed by atoms with E-state index in [-0.39, 0.29) is 5.91 Å². The van der Waals surface area contributed by atoms with Crippen LogP contribution >= 0.6 is 0 Å². The minimum atomic E-state index is -0.153. The zero-order valence-corrected chi connectivity index (χ0v) is 17.4. The Balaban J connectivity index is 1.80. The topological polar surface area (TPSA) is 66.9 Å². The fraction of sp³-hybridized carbons (Fsp3) is 0.292. The van der Waals surface area contributed by atoms with Crippen molar-refractivity contribution in [2.24, 2.45) is 0 Å². The first-order valence-electron chi connectivity index (χ1n) is 9.97. The van der Waals surface area contributed by atoms with E-state index in [4.69, 9.17) is 0 Å². The lowest BCUT2D eigenvalue weighted by Crippen LogP contribution is -2.16. The van der Waals surface area contributed by atoms with Crippen molar-refractivity contribution in [2.75, 3.05) is 10.6 Å². The molecule has 0 unspecified atom stereocenters. The van der Waals surface area contributed by atoms with Crippen LogP contribution in [0.1, 0.15) is 66.6 Å². The van der Waals surface area contributed by atoms with Crippen molar-refractivity contribution in [1.82, 2.24) is 9.97 Å². The van der Waals surface area contributed by atoms with Crippen LogP contribution in [0.3, 0.4) is 0 Å². The molecule has 2 heterocycles. The Labute approximate surface area is 172 Å². The highest BCUT2D eigenvalue weighted by molar-refractivity contribution is 6.05. The predicted octanol–water partition coefficient (Wildman–Crippen LogP) is 5.59.